The van der Waals surface area contributed by atoms with Gasteiger partial charge in [-0.25, -0.2) is 9.97 Å². The second-order valence-electron chi connectivity index (χ2n) is 16.4. The number of hydrogen-bond acceptors (Lipinski definition) is 2. The van der Waals surface area contributed by atoms with Crippen molar-refractivity contribution in [3.05, 3.63) is 217 Å². The summed E-state index contributed by atoms with van der Waals surface area (Å²) < 4.78 is 4.74. The number of aryl methyl sites for hydroxylation is 2. The molecule has 62 heavy (non-hydrogen) atoms. The van der Waals surface area contributed by atoms with Gasteiger partial charge in [-0.15, -0.1) is 0 Å². The van der Waals surface area contributed by atoms with Gasteiger partial charge in [0.1, 0.15) is 0 Å². The Morgan fingerprint density at radius 3 is 1.02 bits per heavy atom. The highest BCUT2D eigenvalue weighted by atomic mass is 15.0. The van der Waals surface area contributed by atoms with Crippen molar-refractivity contribution in [2.24, 2.45) is 0 Å². The molecule has 0 radical (unpaired) electrons. The van der Waals surface area contributed by atoms with E-state index in [1.807, 2.05) is 24.3 Å². The van der Waals surface area contributed by atoms with E-state index in [2.05, 4.69) is 205 Å². The molecule has 12 aromatic rings. The molecule has 0 amide bonds. The summed E-state index contributed by atoms with van der Waals surface area (Å²) in [5.41, 5.74) is 19.9. The van der Waals surface area contributed by atoms with Crippen LogP contribution in [-0.2, 0) is 0 Å². The minimum Gasteiger partial charge on any atom is -0.309 e. The Kier molecular flexibility index (Phi) is 8.26. The molecule has 3 heterocycles. The molecule has 4 nitrogen and oxygen atoms in total. The molecule has 12 rings (SSSR count). The van der Waals surface area contributed by atoms with E-state index in [1.54, 1.807) is 0 Å². The molecule has 0 saturated heterocycles. The maximum absolute atomic E-state index is 5.21. The Labute approximate surface area is 359 Å². The summed E-state index contributed by atoms with van der Waals surface area (Å²) in [6, 6.07) is 74.2. The zero-order chi connectivity index (χ0) is 41.3. The van der Waals surface area contributed by atoms with Gasteiger partial charge in [0.25, 0.3) is 0 Å². The summed E-state index contributed by atoms with van der Waals surface area (Å²) in [7, 11) is 0. The van der Waals surface area contributed by atoms with Gasteiger partial charge in [-0.3, -0.25) is 0 Å². The number of nitrogens with zero attached hydrogens (tertiary/aromatic N) is 4. The van der Waals surface area contributed by atoms with Crippen LogP contribution in [0.1, 0.15) is 11.1 Å². The lowest BCUT2D eigenvalue weighted by molar-refractivity contribution is 1.18. The highest BCUT2D eigenvalue weighted by Gasteiger charge is 2.17. The Morgan fingerprint density at radius 2 is 0.613 bits per heavy atom. The van der Waals surface area contributed by atoms with Crippen LogP contribution in [0.15, 0.2) is 206 Å². The van der Waals surface area contributed by atoms with Crippen molar-refractivity contribution in [2.45, 2.75) is 13.8 Å². The molecule has 9 aromatic carbocycles. The number of rotatable bonds is 6. The smallest absolute Gasteiger partial charge is 0.0973 e. The highest BCUT2D eigenvalue weighted by Crippen LogP contribution is 2.37. The van der Waals surface area contributed by atoms with Crippen LogP contribution in [-0.4, -0.2) is 19.1 Å². The monoisotopic (exact) mass is 792 g/mol. The first-order chi connectivity index (χ1) is 30.5. The molecule has 292 valence electrons. The third-order valence-electron chi connectivity index (χ3n) is 12.5. The number of para-hydroxylation sites is 4. The predicted molar refractivity (Wildman–Crippen MR) is 259 cm³/mol. The summed E-state index contributed by atoms with van der Waals surface area (Å²) in [4.78, 5) is 10.4. The van der Waals surface area contributed by atoms with Gasteiger partial charge < -0.3 is 9.13 Å². The summed E-state index contributed by atoms with van der Waals surface area (Å²) in [6.45, 7) is 4.32. The van der Waals surface area contributed by atoms with Crippen LogP contribution in [0, 0.1) is 13.8 Å². The van der Waals surface area contributed by atoms with Crippen LogP contribution in [0.25, 0.3) is 111 Å². The molecule has 0 spiro atoms. The van der Waals surface area contributed by atoms with Gasteiger partial charge in [0.05, 0.1) is 44.5 Å². The molecule has 0 aliphatic rings. The SMILES string of the molecule is Cc1ccc2c(c1)c1ccccc1n2-c1ccc(-c2ccc(-c3nc4ccccc4nc3-c3ccc(-c4ccc(-n5c6ccccc6c6cc(C)ccc65)cc4)cc3)cc2)cc1. The lowest BCUT2D eigenvalue weighted by atomic mass is 9.98. The summed E-state index contributed by atoms with van der Waals surface area (Å²) in [5, 5.41) is 5.11. The van der Waals surface area contributed by atoms with E-state index in [9.17, 15) is 0 Å². The average molecular weight is 793 g/mol. The van der Waals surface area contributed by atoms with Crippen LogP contribution in [0.3, 0.4) is 0 Å². The predicted octanol–water partition coefficient (Wildman–Crippen LogP) is 15.1. The molecule has 0 saturated carbocycles. The fourth-order valence-corrected chi connectivity index (χ4v) is 9.38. The van der Waals surface area contributed by atoms with Gasteiger partial charge in [0.15, 0.2) is 0 Å². The Hall–Kier alpha value is -8.08. The normalized spacial score (nSPS) is 11.7. The van der Waals surface area contributed by atoms with E-state index in [0.717, 1.165) is 67.2 Å². The van der Waals surface area contributed by atoms with Crippen molar-refractivity contribution in [2.75, 3.05) is 0 Å². The summed E-state index contributed by atoms with van der Waals surface area (Å²) >= 11 is 0. The third kappa shape index (κ3) is 5.91. The zero-order valence-electron chi connectivity index (χ0n) is 34.4. The van der Waals surface area contributed by atoms with Gasteiger partial charge in [0, 0.05) is 44.0 Å². The molecule has 0 fully saturated rings. The topological polar surface area (TPSA) is 35.6 Å². The summed E-state index contributed by atoms with van der Waals surface area (Å²) in [6.07, 6.45) is 0. The molecule has 0 aliphatic carbocycles. The first-order valence-electron chi connectivity index (χ1n) is 21.2. The van der Waals surface area contributed by atoms with Crippen LogP contribution < -0.4 is 0 Å². The van der Waals surface area contributed by atoms with Crippen molar-refractivity contribution in [1.82, 2.24) is 19.1 Å². The van der Waals surface area contributed by atoms with Gasteiger partial charge in [-0.05, 0) is 109 Å². The second kappa shape index (κ2) is 14.3. The standard InChI is InChI=1S/C58H40N4/c1-37-15-33-55-49(35-37)47-9-3-7-13-53(47)61(55)45-29-25-41(26-30-45)39-17-21-43(22-18-39)57-58(60-52-12-6-5-11-51(52)59-57)44-23-19-40(20-24-44)42-27-31-46(32-28-42)62-54-14-8-4-10-48(54)50-36-38(2)16-34-56(50)62/h3-36H,1-2H3. The lowest BCUT2D eigenvalue weighted by Gasteiger charge is -2.13. The minimum absolute atomic E-state index is 0.866. The number of hydrogen-bond donors (Lipinski definition) is 0. The van der Waals surface area contributed by atoms with Crippen LogP contribution in [0.4, 0.5) is 0 Å². The first kappa shape index (κ1) is 35.8. The molecular formula is C58H40N4. The molecule has 4 heteroatoms. The third-order valence-corrected chi connectivity index (χ3v) is 12.5. The van der Waals surface area contributed by atoms with Gasteiger partial charge in [-0.1, -0.05) is 145 Å². The zero-order valence-corrected chi connectivity index (χ0v) is 34.4. The summed E-state index contributed by atoms with van der Waals surface area (Å²) in [5.74, 6) is 0. The number of aromatic nitrogens is 4. The maximum atomic E-state index is 5.21. The molecule has 0 atom stereocenters. The first-order valence-corrected chi connectivity index (χ1v) is 21.2. The largest absolute Gasteiger partial charge is 0.309 e. The van der Waals surface area contributed by atoms with Gasteiger partial charge >= 0.3 is 0 Å². The number of fused-ring (bicyclic) bond motifs is 7. The molecule has 0 unspecified atom stereocenters. The van der Waals surface area contributed by atoms with Gasteiger partial charge in [-0.2, -0.15) is 0 Å². The van der Waals surface area contributed by atoms with Gasteiger partial charge in [0.2, 0.25) is 0 Å². The quantitative estimate of drug-likeness (QED) is 0.168. The molecule has 0 N–H and O–H groups in total. The Balaban J connectivity index is 0.854. The maximum Gasteiger partial charge on any atom is 0.0973 e. The van der Waals surface area contributed by atoms with Crippen molar-refractivity contribution >= 4 is 54.6 Å². The van der Waals surface area contributed by atoms with E-state index in [-0.39, 0.29) is 0 Å². The van der Waals surface area contributed by atoms with E-state index in [1.165, 1.54) is 54.7 Å². The average Bonchev–Trinajstić information content (AvgIpc) is 3.83. The van der Waals surface area contributed by atoms with Crippen molar-refractivity contribution < 1.29 is 0 Å². The molecule has 3 aromatic heterocycles. The second-order valence-corrected chi connectivity index (χ2v) is 16.4. The van der Waals surface area contributed by atoms with E-state index < -0.39 is 0 Å². The number of benzene rings is 9. The minimum atomic E-state index is 0.866. The fraction of sp³-hybridized carbons (Fsp3) is 0.0345. The van der Waals surface area contributed by atoms with Crippen LogP contribution in [0.5, 0.6) is 0 Å². The molecule has 0 aliphatic heterocycles. The van der Waals surface area contributed by atoms with Crippen molar-refractivity contribution in [3.8, 4) is 56.1 Å². The van der Waals surface area contributed by atoms with Crippen LogP contribution in [0.2, 0.25) is 0 Å². The van der Waals surface area contributed by atoms with Crippen molar-refractivity contribution in [3.63, 3.8) is 0 Å². The Morgan fingerprint density at radius 1 is 0.290 bits per heavy atom. The lowest BCUT2D eigenvalue weighted by Crippen LogP contribution is -1.96. The Bertz CT molecular complexity index is 3420. The van der Waals surface area contributed by atoms with E-state index in [4.69, 9.17) is 9.97 Å². The van der Waals surface area contributed by atoms with Crippen LogP contribution >= 0.6 is 0 Å². The van der Waals surface area contributed by atoms with E-state index >= 15 is 0 Å². The highest BCUT2D eigenvalue weighted by molar-refractivity contribution is 6.10. The fourth-order valence-electron chi connectivity index (χ4n) is 9.38. The molecule has 0 bridgehead atoms. The molecular weight excluding hydrogens is 753 g/mol. The van der Waals surface area contributed by atoms with E-state index in [0.29, 0.717) is 0 Å². The van der Waals surface area contributed by atoms with Crippen molar-refractivity contribution in [1.29, 1.82) is 0 Å².